The summed E-state index contributed by atoms with van der Waals surface area (Å²) in [4.78, 5) is 4.20. The van der Waals surface area contributed by atoms with Gasteiger partial charge in [-0.05, 0) is 53.7 Å². The molecule has 0 amide bonds. The molecule has 0 aliphatic carbocycles. The van der Waals surface area contributed by atoms with Crippen LogP contribution in [0.3, 0.4) is 0 Å². The Kier molecular flexibility index (Phi) is 4.18. The number of hydrogen-bond acceptors (Lipinski definition) is 3. The Balaban J connectivity index is 1.91. The Bertz CT molecular complexity index is 351. The van der Waals surface area contributed by atoms with E-state index in [4.69, 9.17) is 9.47 Å². The lowest BCUT2D eigenvalue weighted by molar-refractivity contribution is -0.0121. The fourth-order valence-corrected chi connectivity index (χ4v) is 2.08. The van der Waals surface area contributed by atoms with Gasteiger partial charge in [-0.2, -0.15) is 0 Å². The first-order valence-corrected chi connectivity index (χ1v) is 6.42. The molecule has 1 aliphatic rings. The first kappa shape index (κ1) is 11.9. The molecule has 0 aromatic carbocycles. The molecule has 0 bridgehead atoms. The molecule has 1 unspecified atom stereocenters. The number of nitrogens with zero attached hydrogens (tertiary/aromatic N) is 1. The lowest BCUT2D eigenvalue weighted by atomic mass is 10.1. The molecule has 16 heavy (non-hydrogen) atoms. The van der Waals surface area contributed by atoms with Crippen molar-refractivity contribution in [2.75, 3.05) is 13.2 Å². The molecule has 2 rings (SSSR count). The summed E-state index contributed by atoms with van der Waals surface area (Å²) in [6.45, 7) is 3.47. The van der Waals surface area contributed by atoms with Crippen LogP contribution in [0.25, 0.3) is 0 Å². The molecule has 3 nitrogen and oxygen atoms in total. The summed E-state index contributed by atoms with van der Waals surface area (Å²) in [5.74, 6) is 0.661. The third kappa shape index (κ3) is 2.95. The predicted molar refractivity (Wildman–Crippen MR) is 65.8 cm³/mol. The van der Waals surface area contributed by atoms with E-state index in [1.807, 2.05) is 13.0 Å². The second-order valence-electron chi connectivity index (χ2n) is 4.05. The van der Waals surface area contributed by atoms with Crippen LogP contribution in [-0.2, 0) is 4.74 Å². The van der Waals surface area contributed by atoms with E-state index in [0.29, 0.717) is 12.5 Å². The van der Waals surface area contributed by atoms with Gasteiger partial charge in [-0.1, -0.05) is 0 Å². The van der Waals surface area contributed by atoms with Gasteiger partial charge in [0, 0.05) is 12.8 Å². The highest BCUT2D eigenvalue weighted by molar-refractivity contribution is 9.10. The lowest BCUT2D eigenvalue weighted by Crippen LogP contribution is -2.26. The Morgan fingerprint density at radius 3 is 3.19 bits per heavy atom. The Labute approximate surface area is 104 Å². The van der Waals surface area contributed by atoms with Crippen molar-refractivity contribution in [1.29, 1.82) is 0 Å². The molecule has 88 valence electrons. The largest absolute Gasteiger partial charge is 0.474 e. The monoisotopic (exact) mass is 285 g/mol. The van der Waals surface area contributed by atoms with E-state index >= 15 is 0 Å². The summed E-state index contributed by atoms with van der Waals surface area (Å²) in [6.07, 6.45) is 5.47. The van der Waals surface area contributed by atoms with Crippen LogP contribution < -0.4 is 4.74 Å². The van der Waals surface area contributed by atoms with Crippen LogP contribution >= 0.6 is 15.9 Å². The first-order chi connectivity index (χ1) is 7.77. The molecule has 1 atom stereocenters. The molecule has 4 heteroatoms. The van der Waals surface area contributed by atoms with E-state index in [-0.39, 0.29) is 6.10 Å². The summed E-state index contributed by atoms with van der Waals surface area (Å²) < 4.78 is 12.2. The topological polar surface area (TPSA) is 31.4 Å². The van der Waals surface area contributed by atoms with Gasteiger partial charge in [-0.3, -0.25) is 0 Å². The van der Waals surface area contributed by atoms with E-state index in [1.165, 1.54) is 12.8 Å². The third-order valence-corrected chi connectivity index (χ3v) is 3.69. The summed E-state index contributed by atoms with van der Waals surface area (Å²) >= 11 is 3.48. The van der Waals surface area contributed by atoms with Crippen molar-refractivity contribution < 1.29 is 9.47 Å². The Morgan fingerprint density at radius 2 is 2.44 bits per heavy atom. The maximum Gasteiger partial charge on any atom is 0.228 e. The van der Waals surface area contributed by atoms with E-state index in [2.05, 4.69) is 20.9 Å². The van der Waals surface area contributed by atoms with Crippen molar-refractivity contribution in [2.45, 2.75) is 32.3 Å². The standard InChI is InChI=1S/C12H16BrNO2/c1-9-5-6-14-12(11(9)13)16-8-10-4-2-3-7-15-10/h5-6,10H,2-4,7-8H2,1H3. The van der Waals surface area contributed by atoms with Crippen LogP contribution in [0.4, 0.5) is 0 Å². The molecule has 1 fully saturated rings. The number of hydrogen-bond donors (Lipinski definition) is 0. The summed E-state index contributed by atoms with van der Waals surface area (Å²) in [5.41, 5.74) is 1.13. The van der Waals surface area contributed by atoms with Crippen molar-refractivity contribution in [2.24, 2.45) is 0 Å². The Hall–Kier alpha value is -0.610. The molecular formula is C12H16BrNO2. The summed E-state index contributed by atoms with van der Waals surface area (Å²) in [7, 11) is 0. The van der Waals surface area contributed by atoms with Crippen LogP contribution in [-0.4, -0.2) is 24.3 Å². The molecule has 0 N–H and O–H groups in total. The molecule has 0 saturated carbocycles. The minimum Gasteiger partial charge on any atom is -0.474 e. The second-order valence-corrected chi connectivity index (χ2v) is 4.84. The molecule has 0 spiro atoms. The van der Waals surface area contributed by atoms with Crippen LogP contribution in [0.2, 0.25) is 0 Å². The zero-order valence-electron chi connectivity index (χ0n) is 9.41. The van der Waals surface area contributed by atoms with Gasteiger partial charge in [0.2, 0.25) is 5.88 Å². The van der Waals surface area contributed by atoms with Gasteiger partial charge in [-0.15, -0.1) is 0 Å². The minimum atomic E-state index is 0.225. The molecule has 1 saturated heterocycles. The number of ether oxygens (including phenoxy) is 2. The average molecular weight is 286 g/mol. The first-order valence-electron chi connectivity index (χ1n) is 5.63. The van der Waals surface area contributed by atoms with Crippen molar-refractivity contribution in [3.8, 4) is 5.88 Å². The number of halogens is 1. The van der Waals surface area contributed by atoms with Crippen molar-refractivity contribution >= 4 is 15.9 Å². The molecular weight excluding hydrogens is 270 g/mol. The van der Waals surface area contributed by atoms with Gasteiger partial charge in [0.15, 0.2) is 0 Å². The van der Waals surface area contributed by atoms with Gasteiger partial charge in [0.25, 0.3) is 0 Å². The Morgan fingerprint density at radius 1 is 1.56 bits per heavy atom. The van der Waals surface area contributed by atoms with Gasteiger partial charge >= 0.3 is 0 Å². The molecule has 1 aromatic rings. The molecule has 1 aliphatic heterocycles. The van der Waals surface area contributed by atoms with Gasteiger partial charge < -0.3 is 9.47 Å². The number of aryl methyl sites for hydroxylation is 1. The van der Waals surface area contributed by atoms with E-state index in [0.717, 1.165) is 23.1 Å². The average Bonchev–Trinajstić information content (AvgIpc) is 2.32. The van der Waals surface area contributed by atoms with Crippen LogP contribution in [0.5, 0.6) is 5.88 Å². The fraction of sp³-hybridized carbons (Fsp3) is 0.583. The van der Waals surface area contributed by atoms with Crippen LogP contribution in [0.15, 0.2) is 16.7 Å². The van der Waals surface area contributed by atoms with E-state index in [1.54, 1.807) is 6.20 Å². The minimum absolute atomic E-state index is 0.225. The van der Waals surface area contributed by atoms with Gasteiger partial charge in [0.1, 0.15) is 6.61 Å². The number of pyridine rings is 1. The maximum absolute atomic E-state index is 5.67. The van der Waals surface area contributed by atoms with Crippen molar-refractivity contribution in [3.63, 3.8) is 0 Å². The van der Waals surface area contributed by atoms with Gasteiger partial charge in [0.05, 0.1) is 10.6 Å². The summed E-state index contributed by atoms with van der Waals surface area (Å²) in [6, 6.07) is 1.95. The zero-order valence-corrected chi connectivity index (χ0v) is 11.0. The van der Waals surface area contributed by atoms with Crippen molar-refractivity contribution in [1.82, 2.24) is 4.98 Å². The number of aromatic nitrogens is 1. The van der Waals surface area contributed by atoms with Crippen LogP contribution in [0.1, 0.15) is 24.8 Å². The normalized spacial score (nSPS) is 20.8. The number of rotatable bonds is 3. The molecule has 0 radical (unpaired) electrons. The van der Waals surface area contributed by atoms with Gasteiger partial charge in [-0.25, -0.2) is 4.98 Å². The highest BCUT2D eigenvalue weighted by Gasteiger charge is 2.15. The highest BCUT2D eigenvalue weighted by Crippen LogP contribution is 2.26. The quantitative estimate of drug-likeness (QED) is 0.855. The maximum atomic E-state index is 5.67. The second kappa shape index (κ2) is 5.64. The highest BCUT2D eigenvalue weighted by atomic mass is 79.9. The van der Waals surface area contributed by atoms with E-state index in [9.17, 15) is 0 Å². The smallest absolute Gasteiger partial charge is 0.228 e. The van der Waals surface area contributed by atoms with Crippen molar-refractivity contribution in [3.05, 3.63) is 22.3 Å². The zero-order chi connectivity index (χ0) is 11.4. The summed E-state index contributed by atoms with van der Waals surface area (Å²) in [5, 5.41) is 0. The molecule has 1 aromatic heterocycles. The van der Waals surface area contributed by atoms with Crippen LogP contribution in [0, 0.1) is 6.92 Å². The predicted octanol–water partition coefficient (Wildman–Crippen LogP) is 3.10. The third-order valence-electron chi connectivity index (χ3n) is 2.73. The SMILES string of the molecule is Cc1ccnc(OCC2CCCCO2)c1Br. The van der Waals surface area contributed by atoms with E-state index < -0.39 is 0 Å². The fourth-order valence-electron chi connectivity index (χ4n) is 1.73. The molecule has 2 heterocycles. The lowest BCUT2D eigenvalue weighted by Gasteiger charge is -2.22.